The zero-order valence-electron chi connectivity index (χ0n) is 18.9. The third-order valence-corrected chi connectivity index (χ3v) is 6.54. The number of halogens is 1. The van der Waals surface area contributed by atoms with E-state index < -0.39 is 0 Å². The number of pyridine rings is 1. The van der Waals surface area contributed by atoms with Crippen molar-refractivity contribution in [1.82, 2.24) is 19.3 Å². The molecule has 0 saturated heterocycles. The SMILES string of the molecule is CCn1c(SCC(=O)Nc2ccc(=O)n(Cc3ccccc3Cl)c2)nnc1-c1cccc(C)c1. The molecule has 9 heteroatoms. The van der Waals surface area contributed by atoms with Crippen molar-refractivity contribution in [3.8, 4) is 11.4 Å². The average Bonchev–Trinajstić information content (AvgIpc) is 3.24. The van der Waals surface area contributed by atoms with E-state index in [1.807, 2.05) is 54.8 Å². The molecule has 2 heterocycles. The average molecular weight is 494 g/mol. The predicted octanol–water partition coefficient (Wildman–Crippen LogP) is 4.87. The molecule has 0 radical (unpaired) electrons. The summed E-state index contributed by atoms with van der Waals surface area (Å²) in [6.07, 6.45) is 1.62. The molecule has 2 aromatic heterocycles. The minimum absolute atomic E-state index is 0.162. The van der Waals surface area contributed by atoms with E-state index in [2.05, 4.69) is 21.6 Å². The lowest BCUT2D eigenvalue weighted by Gasteiger charge is -2.11. The molecule has 7 nitrogen and oxygen atoms in total. The van der Waals surface area contributed by atoms with Crippen LogP contribution in [0.1, 0.15) is 18.1 Å². The summed E-state index contributed by atoms with van der Waals surface area (Å²) in [5.41, 5.74) is 3.33. The van der Waals surface area contributed by atoms with Crippen molar-refractivity contribution in [2.75, 3.05) is 11.1 Å². The van der Waals surface area contributed by atoms with Crippen LogP contribution >= 0.6 is 23.4 Å². The van der Waals surface area contributed by atoms with E-state index in [4.69, 9.17) is 11.6 Å². The maximum Gasteiger partial charge on any atom is 0.250 e. The Morgan fingerprint density at radius 1 is 1.09 bits per heavy atom. The van der Waals surface area contributed by atoms with Crippen molar-refractivity contribution in [3.63, 3.8) is 0 Å². The minimum Gasteiger partial charge on any atom is -0.324 e. The van der Waals surface area contributed by atoms with E-state index in [0.717, 1.165) is 22.5 Å². The molecule has 4 rings (SSSR count). The van der Waals surface area contributed by atoms with Crippen LogP contribution in [-0.2, 0) is 17.9 Å². The highest BCUT2D eigenvalue weighted by Crippen LogP contribution is 2.25. The Labute approximate surface area is 206 Å². The van der Waals surface area contributed by atoms with Gasteiger partial charge in [-0.05, 0) is 37.6 Å². The molecule has 0 fully saturated rings. The standard InChI is InChI=1S/C25H24ClN5O2S/c1-3-31-24(18-9-6-7-17(2)13-18)28-29-25(31)34-16-22(32)27-20-11-12-23(33)30(15-20)14-19-8-4-5-10-21(19)26/h4-13,15H,3,14,16H2,1-2H3,(H,27,32). The molecule has 0 bridgehead atoms. The van der Waals surface area contributed by atoms with Crippen LogP contribution in [0, 0.1) is 6.92 Å². The summed E-state index contributed by atoms with van der Waals surface area (Å²) < 4.78 is 3.52. The molecule has 4 aromatic rings. The third-order valence-electron chi connectivity index (χ3n) is 5.21. The highest BCUT2D eigenvalue weighted by atomic mass is 35.5. The van der Waals surface area contributed by atoms with Gasteiger partial charge in [0.05, 0.1) is 18.0 Å². The van der Waals surface area contributed by atoms with Crippen LogP contribution in [0.5, 0.6) is 0 Å². The van der Waals surface area contributed by atoms with Gasteiger partial charge in [0.25, 0.3) is 5.56 Å². The zero-order valence-corrected chi connectivity index (χ0v) is 20.4. The van der Waals surface area contributed by atoms with Gasteiger partial charge >= 0.3 is 0 Å². The summed E-state index contributed by atoms with van der Waals surface area (Å²) in [5.74, 6) is 0.742. The Kier molecular flexibility index (Phi) is 7.49. The fourth-order valence-corrected chi connectivity index (χ4v) is 4.54. The van der Waals surface area contributed by atoms with Crippen LogP contribution in [0.4, 0.5) is 5.69 Å². The van der Waals surface area contributed by atoms with Crippen molar-refractivity contribution in [1.29, 1.82) is 0 Å². The van der Waals surface area contributed by atoms with Crippen LogP contribution < -0.4 is 10.9 Å². The number of hydrogen-bond acceptors (Lipinski definition) is 5. The summed E-state index contributed by atoms with van der Waals surface area (Å²) >= 11 is 7.54. The largest absolute Gasteiger partial charge is 0.324 e. The van der Waals surface area contributed by atoms with Gasteiger partial charge in [-0.15, -0.1) is 10.2 Å². The number of rotatable bonds is 8. The highest BCUT2D eigenvalue weighted by molar-refractivity contribution is 7.99. The number of aromatic nitrogens is 4. The van der Waals surface area contributed by atoms with Crippen molar-refractivity contribution in [2.24, 2.45) is 0 Å². The van der Waals surface area contributed by atoms with Gasteiger partial charge in [-0.2, -0.15) is 0 Å². The first-order valence-electron chi connectivity index (χ1n) is 10.8. The normalized spacial score (nSPS) is 10.9. The van der Waals surface area contributed by atoms with Crippen molar-refractivity contribution in [2.45, 2.75) is 32.1 Å². The van der Waals surface area contributed by atoms with E-state index in [1.165, 1.54) is 22.4 Å². The molecule has 0 unspecified atom stereocenters. The second kappa shape index (κ2) is 10.7. The van der Waals surface area contributed by atoms with E-state index in [0.29, 0.717) is 29.0 Å². The molecule has 0 aliphatic rings. The summed E-state index contributed by atoms with van der Waals surface area (Å²) in [7, 11) is 0. The van der Waals surface area contributed by atoms with E-state index >= 15 is 0 Å². The summed E-state index contributed by atoms with van der Waals surface area (Å²) in [5, 5.41) is 12.8. The summed E-state index contributed by atoms with van der Waals surface area (Å²) in [6.45, 7) is 5.06. The van der Waals surface area contributed by atoms with Crippen molar-refractivity contribution >= 4 is 35.0 Å². The lowest BCUT2D eigenvalue weighted by Crippen LogP contribution is -2.22. The molecule has 1 amide bonds. The minimum atomic E-state index is -0.198. The number of carbonyl (C=O) groups is 1. The van der Waals surface area contributed by atoms with Gasteiger partial charge in [0, 0.05) is 29.4 Å². The molecule has 2 aromatic carbocycles. The molecule has 0 aliphatic heterocycles. The predicted molar refractivity (Wildman–Crippen MR) is 136 cm³/mol. The zero-order chi connectivity index (χ0) is 24.1. The number of nitrogens with one attached hydrogen (secondary N) is 1. The molecular weight excluding hydrogens is 470 g/mol. The van der Waals surface area contributed by atoms with Crippen LogP contribution in [0.3, 0.4) is 0 Å². The Morgan fingerprint density at radius 3 is 2.68 bits per heavy atom. The van der Waals surface area contributed by atoms with Crippen LogP contribution in [0.15, 0.2) is 76.8 Å². The Hall–Kier alpha value is -3.36. The first-order chi connectivity index (χ1) is 16.4. The third kappa shape index (κ3) is 5.58. The fraction of sp³-hybridized carbons (Fsp3) is 0.200. The van der Waals surface area contributed by atoms with Gasteiger partial charge in [-0.3, -0.25) is 9.59 Å². The first kappa shape index (κ1) is 23.8. The number of nitrogens with zero attached hydrogens (tertiary/aromatic N) is 4. The van der Waals surface area contributed by atoms with Gasteiger partial charge in [-0.25, -0.2) is 0 Å². The number of aryl methyl sites for hydroxylation is 1. The number of hydrogen-bond donors (Lipinski definition) is 1. The van der Waals surface area contributed by atoms with Crippen LogP contribution in [-0.4, -0.2) is 31.0 Å². The smallest absolute Gasteiger partial charge is 0.250 e. The van der Waals surface area contributed by atoms with Gasteiger partial charge in [0.15, 0.2) is 11.0 Å². The monoisotopic (exact) mass is 493 g/mol. The maximum atomic E-state index is 12.6. The molecule has 1 N–H and O–H groups in total. The molecule has 174 valence electrons. The molecule has 0 atom stereocenters. The van der Waals surface area contributed by atoms with Gasteiger partial charge < -0.3 is 14.5 Å². The summed E-state index contributed by atoms with van der Waals surface area (Å²) in [6, 6.07) is 18.5. The molecule has 0 saturated carbocycles. The lowest BCUT2D eigenvalue weighted by atomic mass is 10.1. The Balaban J connectivity index is 1.43. The van der Waals surface area contributed by atoms with E-state index in [-0.39, 0.29) is 17.2 Å². The molecular formula is C25H24ClN5O2S. The number of carbonyl (C=O) groups excluding carboxylic acids is 1. The first-order valence-corrected chi connectivity index (χ1v) is 12.2. The van der Waals surface area contributed by atoms with Crippen molar-refractivity contribution < 1.29 is 4.79 Å². The molecule has 34 heavy (non-hydrogen) atoms. The van der Waals surface area contributed by atoms with E-state index in [1.54, 1.807) is 18.3 Å². The number of anilines is 1. The highest BCUT2D eigenvalue weighted by Gasteiger charge is 2.15. The quantitative estimate of drug-likeness (QED) is 0.354. The second-order valence-electron chi connectivity index (χ2n) is 7.73. The maximum absolute atomic E-state index is 12.6. The second-order valence-corrected chi connectivity index (χ2v) is 9.08. The van der Waals surface area contributed by atoms with Gasteiger partial charge in [0.1, 0.15) is 0 Å². The topological polar surface area (TPSA) is 81.8 Å². The van der Waals surface area contributed by atoms with Crippen LogP contribution in [0.2, 0.25) is 5.02 Å². The molecule has 0 spiro atoms. The lowest BCUT2D eigenvalue weighted by molar-refractivity contribution is -0.113. The van der Waals surface area contributed by atoms with E-state index in [9.17, 15) is 9.59 Å². The van der Waals surface area contributed by atoms with Crippen molar-refractivity contribution in [3.05, 3.63) is 93.4 Å². The van der Waals surface area contributed by atoms with Gasteiger partial charge in [-0.1, -0.05) is 65.3 Å². The Morgan fingerprint density at radius 2 is 1.91 bits per heavy atom. The summed E-state index contributed by atoms with van der Waals surface area (Å²) in [4.78, 5) is 24.9. The Bertz CT molecular complexity index is 1380. The number of amides is 1. The molecule has 0 aliphatic carbocycles. The number of thioether (sulfide) groups is 1. The van der Waals surface area contributed by atoms with Crippen LogP contribution in [0.25, 0.3) is 11.4 Å². The number of benzene rings is 2. The van der Waals surface area contributed by atoms with Gasteiger partial charge in [0.2, 0.25) is 5.91 Å². The fourth-order valence-electron chi connectivity index (χ4n) is 3.54.